The van der Waals surface area contributed by atoms with Crippen LogP contribution >= 0.6 is 0 Å². The number of hydrogen-bond acceptors (Lipinski definition) is 7. The molecule has 1 aliphatic rings. The van der Waals surface area contributed by atoms with Crippen molar-refractivity contribution in [2.75, 3.05) is 25.5 Å². The van der Waals surface area contributed by atoms with Crippen molar-refractivity contribution < 1.29 is 9.53 Å². The van der Waals surface area contributed by atoms with Gasteiger partial charge in [0.05, 0.1) is 12.7 Å². The van der Waals surface area contributed by atoms with E-state index in [0.29, 0.717) is 30.4 Å². The number of likely N-dealkylation sites (tertiary alicyclic amines) is 1. The Kier molecular flexibility index (Phi) is 4.60. The number of aromatic nitrogens is 4. The van der Waals surface area contributed by atoms with Crippen molar-refractivity contribution in [1.29, 1.82) is 0 Å². The first-order valence-electron chi connectivity index (χ1n) is 7.43. The van der Waals surface area contributed by atoms with Crippen LogP contribution in [0, 0.1) is 0 Å². The van der Waals surface area contributed by atoms with Gasteiger partial charge in [-0.2, -0.15) is 0 Å². The summed E-state index contributed by atoms with van der Waals surface area (Å²) in [6.45, 7) is 1.35. The topological polar surface area (TPSA) is 93.1 Å². The SMILES string of the molecule is COc1nccnc1NC1CCN(C(=O)c2cncnc2)CC1. The maximum absolute atomic E-state index is 12.3. The summed E-state index contributed by atoms with van der Waals surface area (Å²) in [6.07, 6.45) is 9.39. The fourth-order valence-corrected chi connectivity index (χ4v) is 2.59. The van der Waals surface area contributed by atoms with Gasteiger partial charge < -0.3 is 15.0 Å². The minimum Gasteiger partial charge on any atom is -0.478 e. The molecule has 0 spiro atoms. The van der Waals surface area contributed by atoms with Crippen molar-refractivity contribution in [3.05, 3.63) is 36.7 Å². The van der Waals surface area contributed by atoms with Crippen molar-refractivity contribution in [2.24, 2.45) is 0 Å². The van der Waals surface area contributed by atoms with Crippen LogP contribution in [-0.4, -0.2) is 57.0 Å². The molecular weight excluding hydrogens is 296 g/mol. The third kappa shape index (κ3) is 3.53. The molecule has 1 N–H and O–H groups in total. The van der Waals surface area contributed by atoms with E-state index in [1.54, 1.807) is 31.9 Å². The van der Waals surface area contributed by atoms with E-state index in [-0.39, 0.29) is 11.9 Å². The minimum absolute atomic E-state index is 0.0267. The predicted molar refractivity (Wildman–Crippen MR) is 83.2 cm³/mol. The van der Waals surface area contributed by atoms with E-state index in [4.69, 9.17) is 4.74 Å². The van der Waals surface area contributed by atoms with Gasteiger partial charge in [0.2, 0.25) is 0 Å². The molecule has 2 aromatic rings. The smallest absolute Gasteiger partial charge is 0.257 e. The molecule has 1 saturated heterocycles. The standard InChI is InChI=1S/C15H18N6O2/c1-23-14-13(18-4-5-19-14)20-12-2-6-21(7-3-12)15(22)11-8-16-10-17-9-11/h4-5,8-10,12H,2-3,6-7H2,1H3,(H,18,20). The first kappa shape index (κ1) is 15.1. The van der Waals surface area contributed by atoms with Crippen molar-refractivity contribution in [3.63, 3.8) is 0 Å². The first-order valence-corrected chi connectivity index (χ1v) is 7.43. The van der Waals surface area contributed by atoms with Gasteiger partial charge in [-0.25, -0.2) is 19.9 Å². The van der Waals surface area contributed by atoms with Crippen LogP contribution in [0.1, 0.15) is 23.2 Å². The van der Waals surface area contributed by atoms with Crippen LogP contribution in [0.5, 0.6) is 5.88 Å². The molecule has 0 bridgehead atoms. The predicted octanol–water partition coefficient (Wildman–Crippen LogP) is 0.992. The number of nitrogens with one attached hydrogen (secondary N) is 1. The molecule has 8 heteroatoms. The van der Waals surface area contributed by atoms with Gasteiger partial charge in [0.1, 0.15) is 6.33 Å². The monoisotopic (exact) mass is 314 g/mol. The molecule has 3 rings (SSSR count). The zero-order chi connectivity index (χ0) is 16.1. The van der Waals surface area contributed by atoms with Crippen LogP contribution in [-0.2, 0) is 0 Å². The number of carbonyl (C=O) groups excluding carboxylic acids is 1. The van der Waals surface area contributed by atoms with E-state index >= 15 is 0 Å². The van der Waals surface area contributed by atoms with E-state index in [0.717, 1.165) is 12.8 Å². The lowest BCUT2D eigenvalue weighted by molar-refractivity contribution is 0.0717. The number of ether oxygens (including phenoxy) is 1. The van der Waals surface area contributed by atoms with Crippen molar-refractivity contribution in [2.45, 2.75) is 18.9 Å². The van der Waals surface area contributed by atoms with Gasteiger partial charge >= 0.3 is 0 Å². The molecule has 120 valence electrons. The Morgan fingerprint density at radius 3 is 2.61 bits per heavy atom. The summed E-state index contributed by atoms with van der Waals surface area (Å²) in [6, 6.07) is 0.233. The Morgan fingerprint density at radius 2 is 1.91 bits per heavy atom. The minimum atomic E-state index is -0.0267. The lowest BCUT2D eigenvalue weighted by Gasteiger charge is -2.32. The molecule has 0 atom stereocenters. The van der Waals surface area contributed by atoms with Crippen molar-refractivity contribution >= 4 is 11.7 Å². The fraction of sp³-hybridized carbons (Fsp3) is 0.400. The molecule has 0 unspecified atom stereocenters. The summed E-state index contributed by atoms with van der Waals surface area (Å²) < 4.78 is 5.19. The molecule has 3 heterocycles. The average molecular weight is 314 g/mol. The van der Waals surface area contributed by atoms with Gasteiger partial charge in [-0.05, 0) is 12.8 Å². The Bertz CT molecular complexity index is 658. The summed E-state index contributed by atoms with van der Waals surface area (Å²) in [5, 5.41) is 3.34. The fourth-order valence-electron chi connectivity index (χ4n) is 2.59. The van der Waals surface area contributed by atoms with Crippen molar-refractivity contribution in [1.82, 2.24) is 24.8 Å². The molecule has 0 saturated carbocycles. The molecule has 0 radical (unpaired) electrons. The Hall–Kier alpha value is -2.77. The van der Waals surface area contributed by atoms with Gasteiger partial charge in [0.25, 0.3) is 11.8 Å². The number of anilines is 1. The van der Waals surface area contributed by atoms with Crippen molar-refractivity contribution in [3.8, 4) is 5.88 Å². The van der Waals surface area contributed by atoms with E-state index in [2.05, 4.69) is 25.3 Å². The zero-order valence-electron chi connectivity index (χ0n) is 12.8. The number of hydrogen-bond donors (Lipinski definition) is 1. The Morgan fingerprint density at radius 1 is 1.22 bits per heavy atom. The molecule has 0 aliphatic carbocycles. The van der Waals surface area contributed by atoms with E-state index in [1.165, 1.54) is 6.33 Å². The van der Waals surface area contributed by atoms with E-state index in [9.17, 15) is 4.79 Å². The highest BCUT2D eigenvalue weighted by atomic mass is 16.5. The maximum atomic E-state index is 12.3. The quantitative estimate of drug-likeness (QED) is 0.899. The second-order valence-electron chi connectivity index (χ2n) is 5.25. The second kappa shape index (κ2) is 6.99. The number of nitrogens with zero attached hydrogens (tertiary/aromatic N) is 5. The third-order valence-corrected chi connectivity index (χ3v) is 3.79. The highest BCUT2D eigenvalue weighted by molar-refractivity contribution is 5.93. The lowest BCUT2D eigenvalue weighted by atomic mass is 10.0. The largest absolute Gasteiger partial charge is 0.478 e. The zero-order valence-corrected chi connectivity index (χ0v) is 12.8. The maximum Gasteiger partial charge on any atom is 0.257 e. The summed E-state index contributed by atoms with van der Waals surface area (Å²) in [5.41, 5.74) is 0.523. The second-order valence-corrected chi connectivity index (χ2v) is 5.25. The van der Waals surface area contributed by atoms with Crippen LogP contribution in [0.25, 0.3) is 0 Å². The normalized spacial score (nSPS) is 15.3. The molecule has 1 amide bonds. The van der Waals surface area contributed by atoms with Crippen LogP contribution in [0.4, 0.5) is 5.82 Å². The summed E-state index contributed by atoms with van der Waals surface area (Å²) in [5.74, 6) is 1.09. The Labute approximate surface area is 134 Å². The number of piperidine rings is 1. The van der Waals surface area contributed by atoms with Crippen LogP contribution < -0.4 is 10.1 Å². The molecule has 1 fully saturated rings. The molecule has 0 aromatic carbocycles. The van der Waals surface area contributed by atoms with Gasteiger partial charge in [-0.15, -0.1) is 0 Å². The van der Waals surface area contributed by atoms with E-state index in [1.807, 2.05) is 4.90 Å². The lowest BCUT2D eigenvalue weighted by Crippen LogP contribution is -2.42. The molecular formula is C15H18N6O2. The number of carbonyl (C=O) groups is 1. The first-order chi connectivity index (χ1) is 11.3. The van der Waals surface area contributed by atoms with E-state index < -0.39 is 0 Å². The molecule has 2 aromatic heterocycles. The third-order valence-electron chi connectivity index (χ3n) is 3.79. The average Bonchev–Trinajstić information content (AvgIpc) is 2.63. The highest BCUT2D eigenvalue weighted by Crippen LogP contribution is 2.21. The van der Waals surface area contributed by atoms with Gasteiger partial charge in [-0.3, -0.25) is 4.79 Å². The molecule has 1 aliphatic heterocycles. The molecule has 8 nitrogen and oxygen atoms in total. The number of rotatable bonds is 4. The van der Waals surface area contributed by atoms with Gasteiger partial charge in [0.15, 0.2) is 5.82 Å². The number of methoxy groups -OCH3 is 1. The summed E-state index contributed by atoms with van der Waals surface area (Å²) in [4.78, 5) is 30.3. The van der Waals surface area contributed by atoms with Crippen LogP contribution in [0.15, 0.2) is 31.1 Å². The summed E-state index contributed by atoms with van der Waals surface area (Å²) >= 11 is 0. The highest BCUT2D eigenvalue weighted by Gasteiger charge is 2.24. The van der Waals surface area contributed by atoms with Crippen LogP contribution in [0.2, 0.25) is 0 Å². The van der Waals surface area contributed by atoms with Crippen LogP contribution in [0.3, 0.4) is 0 Å². The van der Waals surface area contributed by atoms with Gasteiger partial charge in [-0.1, -0.05) is 0 Å². The number of amides is 1. The molecule has 23 heavy (non-hydrogen) atoms. The summed E-state index contributed by atoms with van der Waals surface area (Å²) in [7, 11) is 1.57. The van der Waals surface area contributed by atoms with Gasteiger partial charge in [0, 0.05) is 43.9 Å². The Balaban J connectivity index is 1.57.